The van der Waals surface area contributed by atoms with Crippen molar-refractivity contribution in [1.82, 2.24) is 0 Å². The summed E-state index contributed by atoms with van der Waals surface area (Å²) in [7, 11) is 0. The number of benzene rings is 3. The van der Waals surface area contributed by atoms with Gasteiger partial charge < -0.3 is 0 Å². The average Bonchev–Trinajstić information content (AvgIpc) is 2.59. The van der Waals surface area contributed by atoms with Crippen LogP contribution in [0.1, 0.15) is 31.8 Å². The zero-order chi connectivity index (χ0) is 16.0. The molecular formula is C20H12O2S. The summed E-state index contributed by atoms with van der Waals surface area (Å²) in [4.78, 5) is 26.4. The first-order valence-electron chi connectivity index (χ1n) is 7.28. The van der Waals surface area contributed by atoms with Crippen LogP contribution in [0.15, 0.2) is 71.6 Å². The molecule has 0 spiro atoms. The first-order valence-corrected chi connectivity index (χ1v) is 7.73. The third kappa shape index (κ3) is 2.05. The van der Waals surface area contributed by atoms with Gasteiger partial charge >= 0.3 is 0 Å². The Bertz CT molecular complexity index is 959. The molecule has 0 saturated carbocycles. The first kappa shape index (κ1) is 14.0. The minimum atomic E-state index is -0.139. The van der Waals surface area contributed by atoms with E-state index in [1.807, 2.05) is 42.5 Å². The summed E-state index contributed by atoms with van der Waals surface area (Å²) in [6, 6.07) is 20.2. The third-order valence-electron chi connectivity index (χ3n) is 4.14. The van der Waals surface area contributed by atoms with Crippen molar-refractivity contribution in [2.75, 3.05) is 0 Å². The van der Waals surface area contributed by atoms with Crippen LogP contribution in [0.5, 0.6) is 0 Å². The molecular weight excluding hydrogens is 304 g/mol. The van der Waals surface area contributed by atoms with Crippen molar-refractivity contribution < 1.29 is 9.59 Å². The minimum Gasteiger partial charge on any atom is -0.289 e. The van der Waals surface area contributed by atoms with E-state index in [4.69, 9.17) is 0 Å². The monoisotopic (exact) mass is 316 g/mol. The molecule has 0 atom stereocenters. The number of fused-ring (bicyclic) bond motifs is 2. The highest BCUT2D eigenvalue weighted by atomic mass is 32.1. The van der Waals surface area contributed by atoms with Crippen LogP contribution in [0.4, 0.5) is 0 Å². The van der Waals surface area contributed by atoms with E-state index >= 15 is 0 Å². The number of rotatable bonds is 1. The van der Waals surface area contributed by atoms with Gasteiger partial charge in [-0.3, -0.25) is 9.59 Å². The van der Waals surface area contributed by atoms with Gasteiger partial charge in [0.1, 0.15) is 0 Å². The summed E-state index contributed by atoms with van der Waals surface area (Å²) in [6.45, 7) is 0. The molecule has 3 aromatic rings. The molecule has 0 aliphatic heterocycles. The van der Waals surface area contributed by atoms with E-state index in [1.165, 1.54) is 0 Å². The van der Waals surface area contributed by atoms with Crippen LogP contribution in [0.2, 0.25) is 0 Å². The van der Waals surface area contributed by atoms with Gasteiger partial charge in [-0.25, -0.2) is 0 Å². The van der Waals surface area contributed by atoms with E-state index in [9.17, 15) is 9.59 Å². The average molecular weight is 316 g/mol. The van der Waals surface area contributed by atoms with E-state index < -0.39 is 0 Å². The van der Waals surface area contributed by atoms with Gasteiger partial charge in [-0.1, -0.05) is 60.7 Å². The fourth-order valence-electron chi connectivity index (χ4n) is 3.08. The number of thiol groups is 1. The van der Waals surface area contributed by atoms with Crippen LogP contribution in [-0.4, -0.2) is 11.6 Å². The summed E-state index contributed by atoms with van der Waals surface area (Å²) >= 11 is 4.38. The van der Waals surface area contributed by atoms with Gasteiger partial charge in [0.15, 0.2) is 11.6 Å². The smallest absolute Gasteiger partial charge is 0.196 e. The molecule has 0 aromatic heterocycles. The molecule has 23 heavy (non-hydrogen) atoms. The fraction of sp³-hybridized carbons (Fsp3) is 0. The van der Waals surface area contributed by atoms with Gasteiger partial charge in [0.25, 0.3) is 0 Å². The van der Waals surface area contributed by atoms with E-state index in [0.717, 1.165) is 11.1 Å². The van der Waals surface area contributed by atoms with E-state index in [-0.39, 0.29) is 11.6 Å². The highest BCUT2D eigenvalue weighted by molar-refractivity contribution is 7.80. The number of carbonyl (C=O) groups is 2. The van der Waals surface area contributed by atoms with Gasteiger partial charge in [-0.2, -0.15) is 0 Å². The second kappa shape index (κ2) is 5.21. The SMILES string of the molecule is O=C1c2cccc(S)c2C(=O)c2c1cccc2-c1ccccc1. The van der Waals surface area contributed by atoms with Crippen molar-refractivity contribution in [3.8, 4) is 11.1 Å². The molecule has 0 fully saturated rings. The van der Waals surface area contributed by atoms with Gasteiger partial charge in [0, 0.05) is 27.1 Å². The van der Waals surface area contributed by atoms with E-state index in [2.05, 4.69) is 12.6 Å². The van der Waals surface area contributed by atoms with Crippen molar-refractivity contribution in [3.63, 3.8) is 0 Å². The molecule has 3 aromatic carbocycles. The van der Waals surface area contributed by atoms with Crippen LogP contribution in [0.3, 0.4) is 0 Å². The maximum Gasteiger partial charge on any atom is 0.196 e. The van der Waals surface area contributed by atoms with Crippen molar-refractivity contribution in [1.29, 1.82) is 0 Å². The lowest BCUT2D eigenvalue weighted by atomic mass is 9.80. The molecule has 1 aliphatic carbocycles. The van der Waals surface area contributed by atoms with Crippen LogP contribution in [0.25, 0.3) is 11.1 Å². The lowest BCUT2D eigenvalue weighted by Crippen LogP contribution is -2.22. The number of carbonyl (C=O) groups excluding carboxylic acids is 2. The summed E-state index contributed by atoms with van der Waals surface area (Å²) in [5.41, 5.74) is 3.46. The molecule has 2 nitrogen and oxygen atoms in total. The van der Waals surface area contributed by atoms with Gasteiger partial charge in [0.2, 0.25) is 0 Å². The first-order chi connectivity index (χ1) is 11.2. The standard InChI is InChI=1S/C20H12O2S/c21-19-14-9-4-8-13(12-6-2-1-3-7-12)17(14)20(22)18-15(19)10-5-11-16(18)23/h1-11,23H. The molecule has 1 aliphatic rings. The van der Waals surface area contributed by atoms with Crippen molar-refractivity contribution in [2.45, 2.75) is 4.90 Å². The van der Waals surface area contributed by atoms with Gasteiger partial charge in [-0.05, 0) is 17.2 Å². The number of ketones is 2. The summed E-state index contributed by atoms with van der Waals surface area (Å²) in [5, 5.41) is 0. The Kier molecular flexibility index (Phi) is 3.17. The molecule has 0 heterocycles. The zero-order valence-corrected chi connectivity index (χ0v) is 13.0. The molecule has 0 unspecified atom stereocenters. The highest BCUT2D eigenvalue weighted by Crippen LogP contribution is 2.36. The predicted molar refractivity (Wildman–Crippen MR) is 92.4 cm³/mol. The second-order valence-corrected chi connectivity index (χ2v) is 5.93. The molecule has 0 saturated heterocycles. The van der Waals surface area contributed by atoms with Gasteiger partial charge in [0.05, 0.1) is 0 Å². The molecule has 4 rings (SSSR count). The third-order valence-corrected chi connectivity index (χ3v) is 4.51. The molecule has 0 radical (unpaired) electrons. The van der Waals surface area contributed by atoms with E-state index in [0.29, 0.717) is 27.1 Å². The van der Waals surface area contributed by atoms with E-state index in [1.54, 1.807) is 24.3 Å². The van der Waals surface area contributed by atoms with Crippen LogP contribution in [0, 0.1) is 0 Å². The Balaban J connectivity index is 2.04. The maximum atomic E-state index is 13.1. The Labute approximate surface area is 139 Å². The molecule has 0 amide bonds. The second-order valence-electron chi connectivity index (χ2n) is 5.45. The number of hydrogen-bond donors (Lipinski definition) is 1. The van der Waals surface area contributed by atoms with Crippen LogP contribution < -0.4 is 0 Å². The molecule has 0 bridgehead atoms. The predicted octanol–water partition coefficient (Wildman–Crippen LogP) is 4.42. The summed E-state index contributed by atoms with van der Waals surface area (Å²) in [5.74, 6) is -0.261. The lowest BCUT2D eigenvalue weighted by Gasteiger charge is -2.21. The summed E-state index contributed by atoms with van der Waals surface area (Å²) < 4.78 is 0. The maximum absolute atomic E-state index is 13.1. The Hall–Kier alpha value is -2.65. The Morgan fingerprint density at radius 2 is 1.17 bits per heavy atom. The minimum absolute atomic E-state index is 0.122. The van der Waals surface area contributed by atoms with Crippen molar-refractivity contribution in [2.24, 2.45) is 0 Å². The number of hydrogen-bond acceptors (Lipinski definition) is 3. The summed E-state index contributed by atoms with van der Waals surface area (Å²) in [6.07, 6.45) is 0. The highest BCUT2D eigenvalue weighted by Gasteiger charge is 2.32. The Morgan fingerprint density at radius 1 is 0.565 bits per heavy atom. The molecule has 110 valence electrons. The zero-order valence-electron chi connectivity index (χ0n) is 12.1. The fourth-order valence-corrected chi connectivity index (χ4v) is 3.39. The quantitative estimate of drug-likeness (QED) is 0.528. The van der Waals surface area contributed by atoms with Crippen LogP contribution >= 0.6 is 12.6 Å². The normalized spacial score (nSPS) is 12.7. The molecule has 3 heteroatoms. The topological polar surface area (TPSA) is 34.1 Å². The lowest BCUT2D eigenvalue weighted by molar-refractivity contribution is 0.0977. The van der Waals surface area contributed by atoms with Crippen LogP contribution in [-0.2, 0) is 0 Å². The van der Waals surface area contributed by atoms with Crippen molar-refractivity contribution >= 4 is 24.2 Å². The molecule has 0 N–H and O–H groups in total. The van der Waals surface area contributed by atoms with Gasteiger partial charge in [-0.15, -0.1) is 12.6 Å². The largest absolute Gasteiger partial charge is 0.289 e. The van der Waals surface area contributed by atoms with Crippen molar-refractivity contribution in [3.05, 3.63) is 89.0 Å². The Morgan fingerprint density at radius 3 is 1.91 bits per heavy atom.